The number of rotatable bonds is 18. The van der Waals surface area contributed by atoms with Crippen molar-refractivity contribution < 1.29 is 28.5 Å². The van der Waals surface area contributed by atoms with Crippen LogP contribution in [0.3, 0.4) is 0 Å². The van der Waals surface area contributed by atoms with E-state index in [4.69, 9.17) is 0 Å². The van der Waals surface area contributed by atoms with E-state index in [1.807, 2.05) is 0 Å². The third kappa shape index (κ3) is 13.7. The SMILES string of the molecule is CCCCCCCCCCn1cc[n+](CCCCCCCCCC)c1C.[IH2+]. The molecule has 0 aliphatic heterocycles. The minimum Gasteiger partial charge on any atom is -0.234 e. The second-order valence-electron chi connectivity index (χ2n) is 8.18. The van der Waals surface area contributed by atoms with Gasteiger partial charge in [-0.25, -0.2) is 9.13 Å². The van der Waals surface area contributed by atoms with Gasteiger partial charge in [0.15, 0.2) is 0 Å². The summed E-state index contributed by atoms with van der Waals surface area (Å²) in [5, 5.41) is 0. The van der Waals surface area contributed by atoms with Crippen LogP contribution in [-0.4, -0.2) is 4.57 Å². The fourth-order valence-corrected chi connectivity index (χ4v) is 3.85. The van der Waals surface area contributed by atoms with Gasteiger partial charge in [0.25, 0.3) is 5.82 Å². The van der Waals surface area contributed by atoms with Crippen molar-refractivity contribution in [2.24, 2.45) is 0 Å². The summed E-state index contributed by atoms with van der Waals surface area (Å²) in [6, 6.07) is 0. The Balaban J connectivity index is 0.00000676. The van der Waals surface area contributed by atoms with Gasteiger partial charge in [-0.05, 0) is 25.7 Å². The minimum absolute atomic E-state index is 0. The van der Waals surface area contributed by atoms with Crippen molar-refractivity contribution in [1.82, 2.24) is 4.57 Å². The fraction of sp³-hybridized carbons (Fsp3) is 0.875. The summed E-state index contributed by atoms with van der Waals surface area (Å²) >= 11 is 0. The molecule has 3 heteroatoms. The Morgan fingerprint density at radius 3 is 1.63 bits per heavy atom. The summed E-state index contributed by atoms with van der Waals surface area (Å²) in [7, 11) is 0. The Bertz CT molecular complexity index is 391. The summed E-state index contributed by atoms with van der Waals surface area (Å²) in [4.78, 5) is 0. The molecule has 1 aromatic heterocycles. The Morgan fingerprint density at radius 2 is 1.11 bits per heavy atom. The molecule has 1 aromatic rings. The Kier molecular flexibility index (Phi) is 19.2. The van der Waals surface area contributed by atoms with Crippen LogP contribution in [-0.2, 0) is 13.1 Å². The van der Waals surface area contributed by atoms with Crippen molar-refractivity contribution in [2.75, 3.05) is 0 Å². The van der Waals surface area contributed by atoms with E-state index in [2.05, 4.69) is 42.3 Å². The topological polar surface area (TPSA) is 8.81 Å². The van der Waals surface area contributed by atoms with Crippen LogP contribution in [0.4, 0.5) is 0 Å². The van der Waals surface area contributed by atoms with Gasteiger partial charge in [0.2, 0.25) is 24.0 Å². The molecule has 0 atom stereocenters. The van der Waals surface area contributed by atoms with E-state index in [0.29, 0.717) is 0 Å². The first-order valence-corrected chi connectivity index (χ1v) is 11.8. The maximum absolute atomic E-state index is 2.46. The lowest BCUT2D eigenvalue weighted by Crippen LogP contribution is -3.00. The molecular formula is C24H49IN2+2. The monoisotopic (exact) mass is 492 g/mol. The molecule has 0 spiro atoms. The molecule has 0 bridgehead atoms. The molecule has 0 N–H and O–H groups in total. The second-order valence-corrected chi connectivity index (χ2v) is 8.18. The predicted molar refractivity (Wildman–Crippen MR) is 117 cm³/mol. The number of unbranched alkanes of at least 4 members (excludes halogenated alkanes) is 14. The van der Waals surface area contributed by atoms with Crippen LogP contribution < -0.4 is 28.5 Å². The molecule has 2 nitrogen and oxygen atoms in total. The highest BCUT2D eigenvalue weighted by Gasteiger charge is 2.11. The molecule has 1 rings (SSSR count). The maximum Gasteiger partial charge on any atom is 0.253 e. The number of imidazole rings is 1. The van der Waals surface area contributed by atoms with Crippen molar-refractivity contribution in [2.45, 2.75) is 137 Å². The van der Waals surface area contributed by atoms with Gasteiger partial charge in [0.05, 0.1) is 13.1 Å². The van der Waals surface area contributed by atoms with Crippen molar-refractivity contribution >= 4 is 0 Å². The van der Waals surface area contributed by atoms with E-state index in [9.17, 15) is 0 Å². The molecule has 0 aliphatic carbocycles. The Morgan fingerprint density at radius 1 is 0.667 bits per heavy atom. The molecule has 0 radical (unpaired) electrons. The number of hydrogen-bond donors (Lipinski definition) is 0. The van der Waals surface area contributed by atoms with E-state index >= 15 is 0 Å². The van der Waals surface area contributed by atoms with Gasteiger partial charge >= 0.3 is 0 Å². The highest BCUT2D eigenvalue weighted by Crippen LogP contribution is 2.10. The lowest BCUT2D eigenvalue weighted by molar-refractivity contribution is -0.702. The standard InChI is InChI=1S/C24H47N2.H2I/c1-4-6-8-10-12-14-16-18-20-25-22-23-26(24(25)3)21-19-17-15-13-11-9-7-5-2;/h22-23H,4-21H2,1-3H3;1H2/q2*+1. The molecule has 0 saturated heterocycles. The van der Waals surface area contributed by atoms with Crippen LogP contribution in [0.2, 0.25) is 0 Å². The van der Waals surface area contributed by atoms with Crippen molar-refractivity contribution in [3.63, 3.8) is 0 Å². The average Bonchev–Trinajstić information content (AvgIpc) is 2.99. The number of hydrogen-bond acceptors (Lipinski definition) is 0. The van der Waals surface area contributed by atoms with E-state index in [-0.39, 0.29) is 24.0 Å². The molecule has 0 amide bonds. The first-order chi connectivity index (χ1) is 12.8. The zero-order valence-corrected chi connectivity index (χ0v) is 21.3. The number of nitrogens with zero attached hydrogens (tertiary/aromatic N) is 2. The second kappa shape index (κ2) is 19.3. The quantitative estimate of drug-likeness (QED) is 0.167. The third-order valence-corrected chi connectivity index (χ3v) is 5.76. The Labute approximate surface area is 187 Å². The van der Waals surface area contributed by atoms with Gasteiger partial charge in [-0.1, -0.05) is 90.9 Å². The van der Waals surface area contributed by atoms with Crippen LogP contribution in [0.15, 0.2) is 12.4 Å². The van der Waals surface area contributed by atoms with Gasteiger partial charge in [-0.2, -0.15) is 0 Å². The van der Waals surface area contributed by atoms with E-state index in [1.165, 1.54) is 122 Å². The van der Waals surface area contributed by atoms with E-state index in [0.717, 1.165) is 0 Å². The van der Waals surface area contributed by atoms with Crippen molar-refractivity contribution in [3.05, 3.63) is 18.2 Å². The van der Waals surface area contributed by atoms with Crippen molar-refractivity contribution in [3.8, 4) is 0 Å². The normalized spacial score (nSPS) is 10.9. The summed E-state index contributed by atoms with van der Waals surface area (Å²) in [5.41, 5.74) is 0. The van der Waals surface area contributed by atoms with E-state index in [1.54, 1.807) is 0 Å². The zero-order chi connectivity index (χ0) is 18.9. The molecule has 0 fully saturated rings. The molecule has 0 saturated carbocycles. The van der Waals surface area contributed by atoms with Gasteiger partial charge in [0, 0.05) is 6.92 Å². The first-order valence-electron chi connectivity index (χ1n) is 11.8. The first kappa shape index (κ1) is 26.9. The van der Waals surface area contributed by atoms with Gasteiger partial charge in [-0.3, -0.25) is 0 Å². The summed E-state index contributed by atoms with van der Waals surface area (Å²) in [6.07, 6.45) is 27.0. The minimum atomic E-state index is 0. The number of aryl methyl sites for hydroxylation is 2. The van der Waals surface area contributed by atoms with Gasteiger partial charge in [-0.15, -0.1) is 0 Å². The molecular weight excluding hydrogens is 443 g/mol. The summed E-state index contributed by atoms with van der Waals surface area (Å²) in [5.74, 6) is 1.44. The van der Waals surface area contributed by atoms with Crippen molar-refractivity contribution in [1.29, 1.82) is 0 Å². The van der Waals surface area contributed by atoms with Gasteiger partial charge < -0.3 is 0 Å². The maximum atomic E-state index is 2.46. The lowest BCUT2D eigenvalue weighted by Gasteiger charge is -2.03. The third-order valence-electron chi connectivity index (χ3n) is 5.76. The number of halogens is 1. The average molecular weight is 493 g/mol. The molecule has 0 aliphatic rings. The highest BCUT2D eigenvalue weighted by atomic mass is 127. The lowest BCUT2D eigenvalue weighted by atomic mass is 10.1. The molecule has 0 unspecified atom stereocenters. The summed E-state index contributed by atoms with van der Waals surface area (Å²) in [6.45, 7) is 9.27. The molecule has 1 heterocycles. The fourth-order valence-electron chi connectivity index (χ4n) is 3.85. The van der Waals surface area contributed by atoms with Crippen LogP contribution in [0.25, 0.3) is 0 Å². The predicted octanol–water partition coefficient (Wildman–Crippen LogP) is 3.83. The molecule has 160 valence electrons. The van der Waals surface area contributed by atoms with Gasteiger partial charge in [0.1, 0.15) is 12.4 Å². The van der Waals surface area contributed by atoms with Crippen LogP contribution in [0.5, 0.6) is 0 Å². The van der Waals surface area contributed by atoms with Crippen LogP contribution >= 0.6 is 0 Å². The smallest absolute Gasteiger partial charge is 0.234 e. The highest BCUT2D eigenvalue weighted by molar-refractivity contribution is 4.79. The van der Waals surface area contributed by atoms with E-state index < -0.39 is 0 Å². The van der Waals surface area contributed by atoms with Crippen LogP contribution in [0, 0.1) is 6.92 Å². The van der Waals surface area contributed by atoms with Crippen LogP contribution in [0.1, 0.15) is 122 Å². The number of aromatic nitrogens is 2. The summed E-state index contributed by atoms with van der Waals surface area (Å²) < 4.78 is 4.92. The largest absolute Gasteiger partial charge is 0.253 e. The molecule has 0 aromatic carbocycles. The Hall–Kier alpha value is -0.0600. The zero-order valence-electron chi connectivity index (χ0n) is 18.7. The molecule has 27 heavy (non-hydrogen) atoms.